The van der Waals surface area contributed by atoms with Crippen molar-refractivity contribution in [2.24, 2.45) is 5.92 Å². The number of rotatable bonds is 5. The summed E-state index contributed by atoms with van der Waals surface area (Å²) in [6, 6.07) is 1.75. The van der Waals surface area contributed by atoms with Gasteiger partial charge in [-0.2, -0.15) is 5.10 Å². The minimum absolute atomic E-state index is 0.219. The van der Waals surface area contributed by atoms with Gasteiger partial charge in [0.1, 0.15) is 5.69 Å². The van der Waals surface area contributed by atoms with Crippen LogP contribution in [0.25, 0.3) is 0 Å². The number of aliphatic hydroxyl groups excluding tert-OH is 1. The Hall–Kier alpha value is -1.36. The molecule has 18 heavy (non-hydrogen) atoms. The van der Waals surface area contributed by atoms with Gasteiger partial charge in [0.25, 0.3) is 5.91 Å². The van der Waals surface area contributed by atoms with Gasteiger partial charge in [0, 0.05) is 12.2 Å². The van der Waals surface area contributed by atoms with Crippen LogP contribution in [0, 0.1) is 5.92 Å². The minimum Gasteiger partial charge on any atom is -0.391 e. The third-order valence-corrected chi connectivity index (χ3v) is 3.66. The average molecular weight is 251 g/mol. The summed E-state index contributed by atoms with van der Waals surface area (Å²) in [5, 5.41) is 19.4. The molecule has 1 amide bonds. The second kappa shape index (κ2) is 6.00. The number of H-pyrrole nitrogens is 1. The van der Waals surface area contributed by atoms with Gasteiger partial charge in [0.15, 0.2) is 0 Å². The fraction of sp³-hybridized carbons (Fsp3) is 0.692. The van der Waals surface area contributed by atoms with E-state index in [2.05, 4.69) is 15.5 Å². The van der Waals surface area contributed by atoms with E-state index in [0.29, 0.717) is 18.2 Å². The highest BCUT2D eigenvalue weighted by molar-refractivity contribution is 5.92. The molecule has 1 aromatic heterocycles. The molecule has 2 rings (SSSR count). The van der Waals surface area contributed by atoms with Crippen LogP contribution < -0.4 is 5.32 Å². The highest BCUT2D eigenvalue weighted by Gasteiger charge is 2.23. The van der Waals surface area contributed by atoms with Crippen molar-refractivity contribution in [1.29, 1.82) is 0 Å². The van der Waals surface area contributed by atoms with Gasteiger partial charge in [0.05, 0.1) is 6.10 Å². The van der Waals surface area contributed by atoms with E-state index in [0.717, 1.165) is 25.0 Å². The number of aliphatic hydroxyl groups is 1. The van der Waals surface area contributed by atoms with Crippen LogP contribution in [0.5, 0.6) is 0 Å². The number of nitrogens with zero attached hydrogens (tertiary/aromatic N) is 1. The van der Waals surface area contributed by atoms with Crippen molar-refractivity contribution in [2.75, 3.05) is 6.54 Å². The fourth-order valence-corrected chi connectivity index (χ4v) is 2.46. The SMILES string of the molecule is CCc1cc(C(=O)NCC(O)C2CCCC2)n[nH]1. The summed E-state index contributed by atoms with van der Waals surface area (Å²) in [4.78, 5) is 11.8. The third kappa shape index (κ3) is 3.10. The molecule has 1 aliphatic rings. The zero-order valence-electron chi connectivity index (χ0n) is 10.8. The Morgan fingerprint density at radius 2 is 2.33 bits per heavy atom. The molecule has 3 N–H and O–H groups in total. The van der Waals surface area contributed by atoms with Crippen molar-refractivity contribution in [3.8, 4) is 0 Å². The number of carbonyl (C=O) groups is 1. The summed E-state index contributed by atoms with van der Waals surface area (Å²) in [5.74, 6) is 0.124. The predicted octanol–water partition coefficient (Wildman–Crippen LogP) is 1.25. The van der Waals surface area contributed by atoms with Crippen molar-refractivity contribution in [2.45, 2.75) is 45.1 Å². The number of amides is 1. The molecule has 5 nitrogen and oxygen atoms in total. The zero-order chi connectivity index (χ0) is 13.0. The van der Waals surface area contributed by atoms with Gasteiger partial charge in [-0.15, -0.1) is 0 Å². The predicted molar refractivity (Wildman–Crippen MR) is 68.3 cm³/mol. The number of carbonyl (C=O) groups excluding carboxylic acids is 1. The molecule has 1 atom stereocenters. The first-order valence-corrected chi connectivity index (χ1v) is 6.71. The van der Waals surface area contributed by atoms with E-state index >= 15 is 0 Å². The molecule has 5 heteroatoms. The van der Waals surface area contributed by atoms with Crippen molar-refractivity contribution in [3.05, 3.63) is 17.5 Å². The van der Waals surface area contributed by atoms with Crippen molar-refractivity contribution in [3.63, 3.8) is 0 Å². The molecule has 1 fully saturated rings. The minimum atomic E-state index is -0.430. The molecular formula is C13H21N3O2. The van der Waals surface area contributed by atoms with E-state index in [1.54, 1.807) is 6.07 Å². The second-order valence-corrected chi connectivity index (χ2v) is 4.95. The van der Waals surface area contributed by atoms with E-state index in [1.807, 2.05) is 6.92 Å². The van der Waals surface area contributed by atoms with E-state index in [4.69, 9.17) is 0 Å². The van der Waals surface area contributed by atoms with Gasteiger partial charge in [-0.25, -0.2) is 0 Å². The van der Waals surface area contributed by atoms with Gasteiger partial charge < -0.3 is 10.4 Å². The smallest absolute Gasteiger partial charge is 0.271 e. The Kier molecular flexibility index (Phi) is 4.36. The zero-order valence-corrected chi connectivity index (χ0v) is 10.8. The van der Waals surface area contributed by atoms with Crippen LogP contribution in [0.2, 0.25) is 0 Å². The van der Waals surface area contributed by atoms with Crippen LogP contribution in [0.1, 0.15) is 48.8 Å². The number of aromatic nitrogens is 2. The van der Waals surface area contributed by atoms with Gasteiger partial charge >= 0.3 is 0 Å². The summed E-state index contributed by atoms with van der Waals surface area (Å²) in [6.07, 6.45) is 4.91. The number of nitrogens with one attached hydrogen (secondary N) is 2. The summed E-state index contributed by atoms with van der Waals surface area (Å²) < 4.78 is 0. The molecule has 0 bridgehead atoms. The number of aryl methyl sites for hydroxylation is 1. The van der Waals surface area contributed by atoms with Crippen LogP contribution in [0.15, 0.2) is 6.07 Å². The normalized spacial score (nSPS) is 17.9. The van der Waals surface area contributed by atoms with Crippen molar-refractivity contribution < 1.29 is 9.90 Å². The molecule has 100 valence electrons. The Morgan fingerprint density at radius 1 is 1.61 bits per heavy atom. The summed E-state index contributed by atoms with van der Waals surface area (Å²) >= 11 is 0. The molecule has 0 aromatic carbocycles. The number of aromatic amines is 1. The van der Waals surface area contributed by atoms with Gasteiger partial charge in [-0.05, 0) is 31.2 Å². The van der Waals surface area contributed by atoms with Crippen LogP contribution in [-0.4, -0.2) is 33.9 Å². The molecule has 0 radical (unpaired) electrons. The van der Waals surface area contributed by atoms with E-state index in [-0.39, 0.29) is 5.91 Å². The van der Waals surface area contributed by atoms with Crippen LogP contribution in [-0.2, 0) is 6.42 Å². The lowest BCUT2D eigenvalue weighted by Gasteiger charge is -2.17. The molecule has 0 saturated heterocycles. The van der Waals surface area contributed by atoms with Crippen LogP contribution in [0.4, 0.5) is 0 Å². The monoisotopic (exact) mass is 251 g/mol. The number of hydrogen-bond acceptors (Lipinski definition) is 3. The summed E-state index contributed by atoms with van der Waals surface area (Å²) in [6.45, 7) is 2.32. The third-order valence-electron chi connectivity index (χ3n) is 3.66. The van der Waals surface area contributed by atoms with Crippen molar-refractivity contribution in [1.82, 2.24) is 15.5 Å². The second-order valence-electron chi connectivity index (χ2n) is 4.95. The molecule has 1 heterocycles. The fourth-order valence-electron chi connectivity index (χ4n) is 2.46. The van der Waals surface area contributed by atoms with E-state index in [1.165, 1.54) is 12.8 Å². The Balaban J connectivity index is 1.80. The lowest BCUT2D eigenvalue weighted by Crippen LogP contribution is -2.35. The van der Waals surface area contributed by atoms with Gasteiger partial charge in [0.2, 0.25) is 0 Å². The Bertz CT molecular complexity index is 397. The molecule has 0 aliphatic heterocycles. The number of hydrogen-bond donors (Lipinski definition) is 3. The maximum Gasteiger partial charge on any atom is 0.271 e. The molecule has 1 aliphatic carbocycles. The highest BCUT2D eigenvalue weighted by Crippen LogP contribution is 2.27. The molecule has 1 unspecified atom stereocenters. The molecular weight excluding hydrogens is 230 g/mol. The molecule has 1 saturated carbocycles. The van der Waals surface area contributed by atoms with E-state index < -0.39 is 6.10 Å². The summed E-state index contributed by atoms with van der Waals surface area (Å²) in [7, 11) is 0. The first kappa shape index (κ1) is 13.1. The maximum atomic E-state index is 11.8. The highest BCUT2D eigenvalue weighted by atomic mass is 16.3. The lowest BCUT2D eigenvalue weighted by atomic mass is 10.0. The summed E-state index contributed by atoms with van der Waals surface area (Å²) in [5.41, 5.74) is 1.34. The van der Waals surface area contributed by atoms with Crippen molar-refractivity contribution >= 4 is 5.91 Å². The molecule has 0 spiro atoms. The first-order valence-electron chi connectivity index (χ1n) is 6.71. The topological polar surface area (TPSA) is 78.0 Å². The van der Waals surface area contributed by atoms with Crippen LogP contribution >= 0.6 is 0 Å². The van der Waals surface area contributed by atoms with Gasteiger partial charge in [-0.1, -0.05) is 19.8 Å². The Morgan fingerprint density at radius 3 is 2.94 bits per heavy atom. The van der Waals surface area contributed by atoms with Gasteiger partial charge in [-0.3, -0.25) is 9.89 Å². The first-order chi connectivity index (χ1) is 8.70. The Labute approximate surface area is 107 Å². The van der Waals surface area contributed by atoms with E-state index in [9.17, 15) is 9.90 Å². The quantitative estimate of drug-likeness (QED) is 0.737. The average Bonchev–Trinajstić information content (AvgIpc) is 3.05. The largest absolute Gasteiger partial charge is 0.391 e. The maximum absolute atomic E-state index is 11.8. The lowest BCUT2D eigenvalue weighted by molar-refractivity contribution is 0.0836. The van der Waals surface area contributed by atoms with Crippen LogP contribution in [0.3, 0.4) is 0 Å². The molecule has 1 aromatic rings. The standard InChI is InChI=1S/C13H21N3O2/c1-2-10-7-11(16-15-10)13(18)14-8-12(17)9-5-3-4-6-9/h7,9,12,17H,2-6,8H2,1H3,(H,14,18)(H,15,16).